The van der Waals surface area contributed by atoms with E-state index >= 15 is 0 Å². The number of rotatable bonds is 10. The molecule has 1 heterocycles. The van der Waals surface area contributed by atoms with Crippen LogP contribution in [0.25, 0.3) is 0 Å². The van der Waals surface area contributed by atoms with Gasteiger partial charge in [0.1, 0.15) is 0 Å². The van der Waals surface area contributed by atoms with Gasteiger partial charge < -0.3 is 14.8 Å². The molecule has 21 heavy (non-hydrogen) atoms. The summed E-state index contributed by atoms with van der Waals surface area (Å²) >= 11 is 0. The molecule has 120 valence electrons. The van der Waals surface area contributed by atoms with E-state index < -0.39 is 0 Å². The van der Waals surface area contributed by atoms with E-state index in [2.05, 4.69) is 44.1 Å². The molecular weight excluding hydrogens is 264 g/mol. The average molecular weight is 294 g/mol. The Bertz CT molecular complexity index is 419. The second kappa shape index (κ2) is 9.00. The molecule has 4 heteroatoms. The molecule has 0 bridgehead atoms. The monoisotopic (exact) mass is 294 g/mol. The maximum Gasteiger partial charge on any atom is 0.213 e. The standard InChI is InChI=1S/C17H30N2O2/c1-6-8-15-11-14(13-18-7-2)12-16(19-15)21-10-9-17(3,4)20-5/h11-12,18H,6-10,13H2,1-5H3. The van der Waals surface area contributed by atoms with E-state index in [0.29, 0.717) is 6.61 Å². The van der Waals surface area contributed by atoms with E-state index in [1.807, 2.05) is 6.07 Å². The molecule has 0 atom stereocenters. The Labute approximate surface area is 129 Å². The first kappa shape index (κ1) is 17.9. The smallest absolute Gasteiger partial charge is 0.213 e. The molecule has 1 N–H and O–H groups in total. The number of aryl methyl sites for hydroxylation is 1. The quantitative estimate of drug-likeness (QED) is 0.719. The minimum absolute atomic E-state index is 0.159. The number of methoxy groups -OCH3 is 1. The molecular formula is C17H30N2O2. The van der Waals surface area contributed by atoms with E-state index in [9.17, 15) is 0 Å². The van der Waals surface area contributed by atoms with E-state index in [1.54, 1.807) is 7.11 Å². The summed E-state index contributed by atoms with van der Waals surface area (Å²) in [5.41, 5.74) is 2.18. The lowest BCUT2D eigenvalue weighted by Gasteiger charge is -2.22. The van der Waals surface area contributed by atoms with Crippen molar-refractivity contribution in [2.24, 2.45) is 0 Å². The molecule has 0 radical (unpaired) electrons. The summed E-state index contributed by atoms with van der Waals surface area (Å²) in [4.78, 5) is 4.59. The second-order valence-corrected chi connectivity index (χ2v) is 5.90. The van der Waals surface area contributed by atoms with Crippen LogP contribution in [0.1, 0.15) is 51.8 Å². The number of nitrogens with one attached hydrogen (secondary N) is 1. The molecule has 0 saturated heterocycles. The van der Waals surface area contributed by atoms with Gasteiger partial charge in [-0.2, -0.15) is 0 Å². The van der Waals surface area contributed by atoms with Crippen LogP contribution in [0.3, 0.4) is 0 Å². The highest BCUT2D eigenvalue weighted by atomic mass is 16.5. The maximum absolute atomic E-state index is 5.83. The van der Waals surface area contributed by atoms with E-state index in [1.165, 1.54) is 5.56 Å². The Kier molecular flexibility index (Phi) is 7.68. The van der Waals surface area contributed by atoms with Crippen LogP contribution in [0.15, 0.2) is 12.1 Å². The summed E-state index contributed by atoms with van der Waals surface area (Å²) in [7, 11) is 1.73. The van der Waals surface area contributed by atoms with Gasteiger partial charge in [-0.25, -0.2) is 4.98 Å². The fourth-order valence-electron chi connectivity index (χ4n) is 1.95. The Morgan fingerprint density at radius 3 is 2.62 bits per heavy atom. The van der Waals surface area contributed by atoms with Crippen molar-refractivity contribution >= 4 is 0 Å². The topological polar surface area (TPSA) is 43.4 Å². The molecule has 0 fully saturated rings. The zero-order valence-electron chi connectivity index (χ0n) is 14.2. The van der Waals surface area contributed by atoms with Crippen LogP contribution in [0.2, 0.25) is 0 Å². The van der Waals surface area contributed by atoms with Crippen LogP contribution in [0, 0.1) is 0 Å². The number of aromatic nitrogens is 1. The van der Waals surface area contributed by atoms with Gasteiger partial charge in [0.25, 0.3) is 0 Å². The van der Waals surface area contributed by atoms with Gasteiger partial charge in [-0.1, -0.05) is 20.3 Å². The third kappa shape index (κ3) is 6.91. The summed E-state index contributed by atoms with van der Waals surface area (Å²) < 4.78 is 11.2. The molecule has 0 aliphatic carbocycles. The lowest BCUT2D eigenvalue weighted by molar-refractivity contribution is 0.00507. The Morgan fingerprint density at radius 2 is 2.00 bits per heavy atom. The molecule has 0 aliphatic heterocycles. The largest absolute Gasteiger partial charge is 0.478 e. The maximum atomic E-state index is 5.83. The fraction of sp³-hybridized carbons (Fsp3) is 0.706. The summed E-state index contributed by atoms with van der Waals surface area (Å²) in [6.07, 6.45) is 2.92. The van der Waals surface area contributed by atoms with E-state index in [4.69, 9.17) is 9.47 Å². The molecule has 4 nitrogen and oxygen atoms in total. The summed E-state index contributed by atoms with van der Waals surface area (Å²) in [5, 5.41) is 3.35. The fourth-order valence-corrected chi connectivity index (χ4v) is 1.95. The van der Waals surface area contributed by atoms with E-state index in [0.717, 1.165) is 43.9 Å². The van der Waals surface area contributed by atoms with Crippen LogP contribution in [-0.4, -0.2) is 30.8 Å². The molecule has 1 rings (SSSR count). The van der Waals surface area contributed by atoms with Gasteiger partial charge in [0.15, 0.2) is 0 Å². The summed E-state index contributed by atoms with van der Waals surface area (Å²) in [5.74, 6) is 0.723. The minimum atomic E-state index is -0.159. The van der Waals surface area contributed by atoms with Gasteiger partial charge in [-0.3, -0.25) is 0 Å². The Morgan fingerprint density at radius 1 is 1.24 bits per heavy atom. The van der Waals surface area contributed by atoms with Crippen molar-refractivity contribution in [3.63, 3.8) is 0 Å². The molecule has 0 amide bonds. The van der Waals surface area contributed by atoms with Crippen molar-refractivity contribution < 1.29 is 9.47 Å². The average Bonchev–Trinajstić information content (AvgIpc) is 2.45. The lowest BCUT2D eigenvalue weighted by atomic mass is 10.1. The van der Waals surface area contributed by atoms with Crippen molar-refractivity contribution in [1.82, 2.24) is 10.3 Å². The molecule has 0 spiro atoms. The first-order valence-electron chi connectivity index (χ1n) is 7.89. The van der Waals surface area contributed by atoms with Crippen molar-refractivity contribution in [3.05, 3.63) is 23.4 Å². The van der Waals surface area contributed by atoms with Gasteiger partial charge >= 0.3 is 0 Å². The van der Waals surface area contributed by atoms with Gasteiger partial charge in [-0.05, 0) is 38.4 Å². The van der Waals surface area contributed by atoms with Crippen LogP contribution < -0.4 is 10.1 Å². The van der Waals surface area contributed by atoms with Crippen LogP contribution in [0.4, 0.5) is 0 Å². The SMILES string of the molecule is CCCc1cc(CNCC)cc(OCCC(C)(C)OC)n1. The third-order valence-corrected chi connectivity index (χ3v) is 3.51. The highest BCUT2D eigenvalue weighted by Gasteiger charge is 2.16. The van der Waals surface area contributed by atoms with Gasteiger partial charge in [0, 0.05) is 31.8 Å². The predicted octanol–water partition coefficient (Wildman–Crippen LogP) is 3.34. The Balaban J connectivity index is 2.68. The van der Waals surface area contributed by atoms with Gasteiger partial charge in [-0.15, -0.1) is 0 Å². The third-order valence-electron chi connectivity index (χ3n) is 3.51. The number of ether oxygens (including phenoxy) is 2. The molecule has 0 unspecified atom stereocenters. The molecule has 0 aliphatic rings. The van der Waals surface area contributed by atoms with Crippen LogP contribution in [0.5, 0.6) is 5.88 Å². The van der Waals surface area contributed by atoms with Crippen molar-refractivity contribution in [2.45, 2.75) is 59.1 Å². The number of hydrogen-bond donors (Lipinski definition) is 1. The first-order valence-corrected chi connectivity index (χ1v) is 7.89. The summed E-state index contributed by atoms with van der Waals surface area (Å²) in [6, 6.07) is 4.19. The number of pyridine rings is 1. The predicted molar refractivity (Wildman–Crippen MR) is 86.8 cm³/mol. The molecule has 1 aromatic heterocycles. The minimum Gasteiger partial charge on any atom is -0.478 e. The molecule has 0 saturated carbocycles. The number of hydrogen-bond acceptors (Lipinski definition) is 4. The second-order valence-electron chi connectivity index (χ2n) is 5.90. The zero-order chi connectivity index (χ0) is 15.7. The van der Waals surface area contributed by atoms with E-state index in [-0.39, 0.29) is 5.60 Å². The van der Waals surface area contributed by atoms with Crippen molar-refractivity contribution in [2.75, 3.05) is 20.3 Å². The zero-order valence-corrected chi connectivity index (χ0v) is 14.2. The molecule has 1 aromatic rings. The van der Waals surface area contributed by atoms with Crippen molar-refractivity contribution in [1.29, 1.82) is 0 Å². The lowest BCUT2D eigenvalue weighted by Crippen LogP contribution is -2.25. The molecule has 0 aromatic carbocycles. The van der Waals surface area contributed by atoms with Gasteiger partial charge in [0.2, 0.25) is 5.88 Å². The highest BCUT2D eigenvalue weighted by molar-refractivity contribution is 5.25. The summed E-state index contributed by atoms with van der Waals surface area (Å²) in [6.45, 7) is 10.8. The normalized spacial score (nSPS) is 11.7. The number of nitrogens with zero attached hydrogens (tertiary/aromatic N) is 1. The first-order chi connectivity index (χ1) is 10.0. The Hall–Kier alpha value is -1.13. The van der Waals surface area contributed by atoms with Crippen LogP contribution >= 0.6 is 0 Å². The van der Waals surface area contributed by atoms with Gasteiger partial charge in [0.05, 0.1) is 12.2 Å². The van der Waals surface area contributed by atoms with Crippen molar-refractivity contribution in [3.8, 4) is 5.88 Å². The highest BCUT2D eigenvalue weighted by Crippen LogP contribution is 2.17. The van der Waals surface area contributed by atoms with Crippen LogP contribution in [-0.2, 0) is 17.7 Å².